The van der Waals surface area contributed by atoms with E-state index in [0.717, 1.165) is 36.1 Å². The summed E-state index contributed by atoms with van der Waals surface area (Å²) >= 11 is 1.60. The predicted molar refractivity (Wildman–Crippen MR) is 99.9 cm³/mol. The van der Waals surface area contributed by atoms with Crippen LogP contribution in [0.4, 0.5) is 0 Å². The number of carbonyl (C=O) groups excluding carboxylic acids is 2. The van der Waals surface area contributed by atoms with Gasteiger partial charge in [-0.05, 0) is 45.3 Å². The fourth-order valence-corrected chi connectivity index (χ4v) is 4.46. The van der Waals surface area contributed by atoms with E-state index in [2.05, 4.69) is 10.9 Å². The van der Waals surface area contributed by atoms with E-state index >= 15 is 0 Å². The van der Waals surface area contributed by atoms with Gasteiger partial charge in [-0.1, -0.05) is 0 Å². The Morgan fingerprint density at radius 2 is 1.96 bits per heavy atom. The van der Waals surface area contributed by atoms with Crippen molar-refractivity contribution in [2.45, 2.75) is 45.7 Å². The van der Waals surface area contributed by atoms with E-state index in [1.165, 1.54) is 16.4 Å². The molecule has 9 heteroatoms. The molecule has 0 aliphatic heterocycles. The van der Waals surface area contributed by atoms with Gasteiger partial charge < -0.3 is 4.90 Å². The van der Waals surface area contributed by atoms with E-state index in [4.69, 9.17) is 4.98 Å². The number of hydrogen-bond donors (Lipinski definition) is 2. The van der Waals surface area contributed by atoms with E-state index < -0.39 is 5.91 Å². The molecule has 1 aliphatic rings. The molecule has 0 unspecified atom stereocenters. The van der Waals surface area contributed by atoms with Gasteiger partial charge >= 0.3 is 0 Å². The first-order valence-electron chi connectivity index (χ1n) is 8.61. The van der Waals surface area contributed by atoms with Gasteiger partial charge in [0.25, 0.3) is 11.5 Å². The molecule has 140 valence electrons. The van der Waals surface area contributed by atoms with Gasteiger partial charge in [-0.2, -0.15) is 0 Å². The van der Waals surface area contributed by atoms with Crippen molar-refractivity contribution in [3.05, 3.63) is 26.6 Å². The first-order chi connectivity index (χ1) is 12.4. The van der Waals surface area contributed by atoms with Crippen LogP contribution >= 0.6 is 11.3 Å². The van der Waals surface area contributed by atoms with E-state index in [1.54, 1.807) is 11.3 Å². The van der Waals surface area contributed by atoms with E-state index in [0.29, 0.717) is 17.8 Å². The second-order valence-electron chi connectivity index (χ2n) is 6.78. The first-order valence-corrected chi connectivity index (χ1v) is 9.42. The topological polar surface area (TPSA) is 96.3 Å². The third-order valence-electron chi connectivity index (χ3n) is 4.29. The highest BCUT2D eigenvalue weighted by Gasteiger charge is 2.23. The maximum absolute atomic E-state index is 13.2. The van der Waals surface area contributed by atoms with Crippen LogP contribution in [0.3, 0.4) is 0 Å². The van der Waals surface area contributed by atoms with Crippen molar-refractivity contribution in [1.29, 1.82) is 0 Å². The molecule has 2 amide bonds. The summed E-state index contributed by atoms with van der Waals surface area (Å²) in [6.07, 6.45) is 4.08. The first kappa shape index (κ1) is 18.5. The Morgan fingerprint density at radius 3 is 2.65 bits per heavy atom. The monoisotopic (exact) mass is 377 g/mol. The van der Waals surface area contributed by atoms with Crippen molar-refractivity contribution in [1.82, 2.24) is 25.3 Å². The largest absolute Gasteiger partial charge is 0.302 e. The zero-order valence-corrected chi connectivity index (χ0v) is 16.0. The zero-order chi connectivity index (χ0) is 18.8. The predicted octanol–water partition coefficient (Wildman–Crippen LogP) is 0.566. The molecule has 26 heavy (non-hydrogen) atoms. The number of thiophene rings is 1. The lowest BCUT2D eigenvalue weighted by Crippen LogP contribution is -2.44. The fourth-order valence-electron chi connectivity index (χ4n) is 3.19. The molecule has 2 N–H and O–H groups in total. The van der Waals surface area contributed by atoms with Crippen molar-refractivity contribution in [3.8, 4) is 0 Å². The molecule has 1 aliphatic carbocycles. The van der Waals surface area contributed by atoms with Gasteiger partial charge in [0.15, 0.2) is 0 Å². The summed E-state index contributed by atoms with van der Waals surface area (Å²) in [7, 11) is 3.77. The average molecular weight is 377 g/mol. The maximum Gasteiger partial charge on any atom is 0.263 e. The van der Waals surface area contributed by atoms with Gasteiger partial charge in [0.1, 0.15) is 17.2 Å². The van der Waals surface area contributed by atoms with Crippen LogP contribution in [0.2, 0.25) is 0 Å². The van der Waals surface area contributed by atoms with Gasteiger partial charge in [0.2, 0.25) is 5.91 Å². The van der Waals surface area contributed by atoms with E-state index in [-0.39, 0.29) is 18.0 Å². The van der Waals surface area contributed by atoms with Crippen molar-refractivity contribution in [2.24, 2.45) is 0 Å². The van der Waals surface area contributed by atoms with Crippen LogP contribution in [0.15, 0.2) is 4.79 Å². The van der Waals surface area contributed by atoms with Gasteiger partial charge in [0.05, 0.1) is 11.9 Å². The van der Waals surface area contributed by atoms with Gasteiger partial charge in [-0.15, -0.1) is 11.3 Å². The second kappa shape index (κ2) is 7.55. The fraction of sp³-hybridized carbons (Fsp3) is 0.529. The summed E-state index contributed by atoms with van der Waals surface area (Å²) in [5, 5.41) is 0.652. The van der Waals surface area contributed by atoms with Crippen LogP contribution in [0.5, 0.6) is 0 Å². The highest BCUT2D eigenvalue weighted by Crippen LogP contribution is 2.33. The lowest BCUT2D eigenvalue weighted by molar-refractivity contribution is -0.128. The number of nitrogens with zero attached hydrogens (tertiary/aromatic N) is 3. The van der Waals surface area contributed by atoms with Gasteiger partial charge in [-0.3, -0.25) is 29.8 Å². The van der Waals surface area contributed by atoms with Gasteiger partial charge in [0, 0.05) is 11.8 Å². The third kappa shape index (κ3) is 3.78. The normalized spacial score (nSPS) is 13.7. The lowest BCUT2D eigenvalue weighted by Gasteiger charge is -2.16. The van der Waals surface area contributed by atoms with Crippen LogP contribution in [0.1, 0.15) is 36.0 Å². The highest BCUT2D eigenvalue weighted by molar-refractivity contribution is 7.18. The number of fused-ring (bicyclic) bond motifs is 3. The van der Waals surface area contributed by atoms with Crippen LogP contribution < -0.4 is 16.4 Å². The number of carbonyl (C=O) groups is 2. The van der Waals surface area contributed by atoms with Crippen LogP contribution in [0, 0.1) is 0 Å². The molecule has 0 saturated heterocycles. The molecule has 0 bridgehead atoms. The molecular formula is C17H23N5O3S. The van der Waals surface area contributed by atoms with Crippen LogP contribution in [-0.2, 0) is 35.5 Å². The Hall–Kier alpha value is -2.26. The molecule has 2 aromatic heterocycles. The van der Waals surface area contributed by atoms with Crippen molar-refractivity contribution in [3.63, 3.8) is 0 Å². The Kier molecular flexibility index (Phi) is 5.38. The number of rotatable bonds is 4. The smallest absolute Gasteiger partial charge is 0.263 e. The Labute approximate surface area is 155 Å². The summed E-state index contributed by atoms with van der Waals surface area (Å²) in [5.74, 6) is -0.295. The Bertz CT molecular complexity index is 915. The summed E-state index contributed by atoms with van der Waals surface area (Å²) in [4.78, 5) is 44.9. The molecule has 0 radical (unpaired) electrons. The number of aromatic nitrogens is 2. The van der Waals surface area contributed by atoms with Gasteiger partial charge in [-0.25, -0.2) is 4.98 Å². The molecule has 0 fully saturated rings. The van der Waals surface area contributed by atoms with Crippen molar-refractivity contribution < 1.29 is 9.59 Å². The maximum atomic E-state index is 13.2. The number of hydrazine groups is 1. The molecule has 2 heterocycles. The Balaban J connectivity index is 2.06. The number of amides is 2. The minimum Gasteiger partial charge on any atom is -0.302 e. The Morgan fingerprint density at radius 1 is 1.23 bits per heavy atom. The quantitative estimate of drug-likeness (QED) is 0.760. The summed E-state index contributed by atoms with van der Waals surface area (Å²) in [6.45, 7) is 1.56. The van der Waals surface area contributed by atoms with Crippen molar-refractivity contribution >= 4 is 33.4 Å². The molecule has 0 aromatic carbocycles. The molecule has 3 rings (SSSR count). The minimum absolute atomic E-state index is 0.177. The van der Waals surface area contributed by atoms with Crippen LogP contribution in [0.25, 0.3) is 10.2 Å². The molecular weight excluding hydrogens is 354 g/mol. The number of aryl methyl sites for hydroxylation is 2. The standard InChI is InChI=1S/C17H23N5O3S/c1-10(23)19-20-14(24)9-22-13(8-21(2)3)18-16-15(17(22)25)11-6-4-5-7-12(11)26-16/h4-9H2,1-3H3,(H,19,23)(H,20,24). The molecule has 0 saturated carbocycles. The third-order valence-corrected chi connectivity index (χ3v) is 5.48. The highest BCUT2D eigenvalue weighted by atomic mass is 32.1. The summed E-state index contributed by atoms with van der Waals surface area (Å²) < 4.78 is 1.42. The molecule has 0 atom stereocenters. The number of hydrogen-bond acceptors (Lipinski definition) is 6. The lowest BCUT2D eigenvalue weighted by atomic mass is 9.97. The summed E-state index contributed by atoms with van der Waals surface area (Å²) in [6, 6.07) is 0. The average Bonchev–Trinajstić information content (AvgIpc) is 2.94. The minimum atomic E-state index is -0.465. The second-order valence-corrected chi connectivity index (χ2v) is 7.86. The zero-order valence-electron chi connectivity index (χ0n) is 15.2. The van der Waals surface area contributed by atoms with E-state index in [1.807, 2.05) is 19.0 Å². The molecule has 2 aromatic rings. The van der Waals surface area contributed by atoms with Crippen molar-refractivity contribution in [2.75, 3.05) is 14.1 Å². The number of nitrogens with one attached hydrogen (secondary N) is 2. The van der Waals surface area contributed by atoms with Crippen LogP contribution in [-0.4, -0.2) is 40.4 Å². The molecule has 8 nitrogen and oxygen atoms in total. The molecule has 0 spiro atoms. The SMILES string of the molecule is CC(=O)NNC(=O)Cn1c(CN(C)C)nc2sc3c(c2c1=O)CCCC3. The summed E-state index contributed by atoms with van der Waals surface area (Å²) in [5.41, 5.74) is 5.47. The van der Waals surface area contributed by atoms with E-state index in [9.17, 15) is 14.4 Å².